The van der Waals surface area contributed by atoms with E-state index < -0.39 is 0 Å². The molecular weight excluding hydrogens is 262 g/mol. The van der Waals surface area contributed by atoms with Gasteiger partial charge in [-0.1, -0.05) is 32.1 Å². The number of rotatable bonds is 5. The highest BCUT2D eigenvalue weighted by Gasteiger charge is 2.25. The van der Waals surface area contributed by atoms with Gasteiger partial charge in [0.25, 0.3) is 0 Å². The van der Waals surface area contributed by atoms with Gasteiger partial charge in [0.15, 0.2) is 0 Å². The van der Waals surface area contributed by atoms with E-state index in [1.165, 1.54) is 50.0 Å². The average molecular weight is 290 g/mol. The van der Waals surface area contributed by atoms with Crippen molar-refractivity contribution in [3.63, 3.8) is 0 Å². The molecule has 106 valence electrons. The van der Waals surface area contributed by atoms with E-state index in [9.17, 15) is 5.11 Å². The molecule has 0 aromatic rings. The Morgan fingerprint density at radius 3 is 2.33 bits per heavy atom. The molecule has 0 radical (unpaired) electrons. The van der Waals surface area contributed by atoms with E-state index in [1.54, 1.807) is 0 Å². The Kier molecular flexibility index (Phi) is 6.70. The highest BCUT2D eigenvalue weighted by Crippen LogP contribution is 2.35. The van der Waals surface area contributed by atoms with Crippen LogP contribution in [0.4, 0.5) is 0 Å². The van der Waals surface area contributed by atoms with E-state index in [0.29, 0.717) is 4.58 Å². The molecule has 1 saturated heterocycles. The molecule has 2 rings (SSSR count). The van der Waals surface area contributed by atoms with Crippen LogP contribution < -0.4 is 5.73 Å². The molecule has 3 N–H and O–H groups in total. The molecule has 2 nitrogen and oxygen atoms in total. The van der Waals surface area contributed by atoms with E-state index in [0.717, 1.165) is 18.8 Å². The highest BCUT2D eigenvalue weighted by molar-refractivity contribution is 8.17. The van der Waals surface area contributed by atoms with Crippen LogP contribution in [0.3, 0.4) is 0 Å². The van der Waals surface area contributed by atoms with Crippen LogP contribution in [-0.4, -0.2) is 33.3 Å². The summed E-state index contributed by atoms with van der Waals surface area (Å²) in [4.78, 5) is 0. The van der Waals surface area contributed by atoms with Crippen LogP contribution in [-0.2, 0) is 0 Å². The van der Waals surface area contributed by atoms with Crippen LogP contribution in [0.2, 0.25) is 0 Å². The van der Waals surface area contributed by atoms with Gasteiger partial charge < -0.3 is 10.8 Å². The van der Waals surface area contributed by atoms with Crippen molar-refractivity contribution in [3.05, 3.63) is 0 Å². The van der Waals surface area contributed by atoms with Gasteiger partial charge in [-0.05, 0) is 36.7 Å². The molecule has 2 atom stereocenters. The van der Waals surface area contributed by atoms with Gasteiger partial charge in [0.1, 0.15) is 0 Å². The SMILES string of the molecule is N[C@@H](CC1CCCCC1)[C@@H](O)CC1SCCCS1. The largest absolute Gasteiger partial charge is 0.391 e. The minimum absolute atomic E-state index is 0.00349. The minimum atomic E-state index is -0.296. The summed E-state index contributed by atoms with van der Waals surface area (Å²) in [7, 11) is 0. The van der Waals surface area contributed by atoms with Crippen LogP contribution in [0, 0.1) is 5.92 Å². The fourth-order valence-electron chi connectivity index (χ4n) is 3.01. The van der Waals surface area contributed by atoms with E-state index in [4.69, 9.17) is 5.73 Å². The fourth-order valence-corrected chi connectivity index (χ4v) is 5.97. The summed E-state index contributed by atoms with van der Waals surface area (Å²) in [6.45, 7) is 0. The lowest BCUT2D eigenvalue weighted by Crippen LogP contribution is -2.38. The molecular formula is C14H27NOS2. The van der Waals surface area contributed by atoms with Crippen LogP contribution >= 0.6 is 23.5 Å². The monoisotopic (exact) mass is 289 g/mol. The first-order chi connectivity index (χ1) is 8.75. The summed E-state index contributed by atoms with van der Waals surface area (Å²) in [5, 5.41) is 10.2. The number of aliphatic hydroxyl groups is 1. The molecule has 1 saturated carbocycles. The Bertz CT molecular complexity index is 204. The van der Waals surface area contributed by atoms with Crippen molar-refractivity contribution >= 4 is 23.5 Å². The Balaban J connectivity index is 1.68. The van der Waals surface area contributed by atoms with Crippen molar-refractivity contribution in [3.8, 4) is 0 Å². The zero-order chi connectivity index (χ0) is 12.8. The maximum Gasteiger partial charge on any atom is 0.0709 e. The second-order valence-corrected chi connectivity index (χ2v) is 8.65. The van der Waals surface area contributed by atoms with Crippen molar-refractivity contribution in [2.45, 2.75) is 68.1 Å². The van der Waals surface area contributed by atoms with E-state index in [1.807, 2.05) is 23.5 Å². The Labute approximate surface area is 120 Å². The van der Waals surface area contributed by atoms with E-state index >= 15 is 0 Å². The molecule has 1 aliphatic carbocycles. The maximum absolute atomic E-state index is 10.2. The number of aliphatic hydroxyl groups excluding tert-OH is 1. The third-order valence-corrected chi connectivity index (χ3v) is 7.15. The number of nitrogens with two attached hydrogens (primary N) is 1. The Morgan fingerprint density at radius 1 is 1.00 bits per heavy atom. The third-order valence-electron chi connectivity index (χ3n) is 4.15. The predicted molar refractivity (Wildman–Crippen MR) is 83.1 cm³/mol. The summed E-state index contributed by atoms with van der Waals surface area (Å²) >= 11 is 4.00. The van der Waals surface area contributed by atoms with Gasteiger partial charge in [-0.3, -0.25) is 0 Å². The highest BCUT2D eigenvalue weighted by atomic mass is 32.2. The van der Waals surface area contributed by atoms with Crippen LogP contribution in [0.25, 0.3) is 0 Å². The second kappa shape index (κ2) is 8.03. The second-order valence-electron chi connectivity index (χ2n) is 5.73. The summed E-state index contributed by atoms with van der Waals surface area (Å²) < 4.78 is 0.575. The molecule has 0 spiro atoms. The number of hydrogen-bond acceptors (Lipinski definition) is 4. The normalized spacial score (nSPS) is 27.0. The third kappa shape index (κ3) is 4.95. The average Bonchev–Trinajstić information content (AvgIpc) is 2.41. The fraction of sp³-hybridized carbons (Fsp3) is 1.00. The minimum Gasteiger partial charge on any atom is -0.391 e. The molecule has 0 aromatic heterocycles. The summed E-state index contributed by atoms with van der Waals surface area (Å²) in [5.74, 6) is 3.28. The molecule has 1 aliphatic heterocycles. The molecule has 0 amide bonds. The zero-order valence-electron chi connectivity index (χ0n) is 11.2. The lowest BCUT2D eigenvalue weighted by atomic mass is 9.83. The van der Waals surface area contributed by atoms with Crippen molar-refractivity contribution in [1.29, 1.82) is 0 Å². The lowest BCUT2D eigenvalue weighted by molar-refractivity contribution is 0.122. The predicted octanol–water partition coefficient (Wildman–Crippen LogP) is 3.23. The van der Waals surface area contributed by atoms with Gasteiger partial charge in [0.2, 0.25) is 0 Å². The first-order valence-electron chi connectivity index (χ1n) is 7.42. The molecule has 1 heterocycles. The molecule has 18 heavy (non-hydrogen) atoms. The summed E-state index contributed by atoms with van der Waals surface area (Å²) in [6.07, 6.45) is 9.70. The smallest absolute Gasteiger partial charge is 0.0709 e. The van der Waals surface area contributed by atoms with Crippen molar-refractivity contribution in [1.82, 2.24) is 0 Å². The number of thioether (sulfide) groups is 2. The van der Waals surface area contributed by atoms with Gasteiger partial charge in [-0.15, -0.1) is 23.5 Å². The topological polar surface area (TPSA) is 46.2 Å². The van der Waals surface area contributed by atoms with Gasteiger partial charge in [-0.2, -0.15) is 0 Å². The molecule has 2 fully saturated rings. The Hall–Kier alpha value is 0.620. The molecule has 0 aromatic carbocycles. The van der Waals surface area contributed by atoms with Gasteiger partial charge in [0, 0.05) is 6.04 Å². The maximum atomic E-state index is 10.2. The Morgan fingerprint density at radius 2 is 1.67 bits per heavy atom. The van der Waals surface area contributed by atoms with E-state index in [-0.39, 0.29) is 12.1 Å². The van der Waals surface area contributed by atoms with Crippen LogP contribution in [0.1, 0.15) is 51.4 Å². The summed E-state index contributed by atoms with van der Waals surface area (Å²) in [5.41, 5.74) is 6.20. The van der Waals surface area contributed by atoms with Crippen molar-refractivity contribution < 1.29 is 5.11 Å². The number of hydrogen-bond donors (Lipinski definition) is 2. The molecule has 4 heteroatoms. The van der Waals surface area contributed by atoms with Gasteiger partial charge >= 0.3 is 0 Å². The van der Waals surface area contributed by atoms with Gasteiger partial charge in [-0.25, -0.2) is 0 Å². The first-order valence-corrected chi connectivity index (χ1v) is 9.52. The van der Waals surface area contributed by atoms with Crippen LogP contribution in [0.5, 0.6) is 0 Å². The lowest BCUT2D eigenvalue weighted by Gasteiger charge is -2.29. The zero-order valence-corrected chi connectivity index (χ0v) is 12.9. The molecule has 2 aliphatic rings. The summed E-state index contributed by atoms with van der Waals surface area (Å²) in [6, 6.07) is -0.00349. The van der Waals surface area contributed by atoms with Crippen molar-refractivity contribution in [2.24, 2.45) is 11.7 Å². The van der Waals surface area contributed by atoms with Gasteiger partial charge in [0.05, 0.1) is 10.7 Å². The van der Waals surface area contributed by atoms with E-state index in [2.05, 4.69) is 0 Å². The first kappa shape index (κ1) is 15.0. The van der Waals surface area contributed by atoms with Crippen LogP contribution in [0.15, 0.2) is 0 Å². The van der Waals surface area contributed by atoms with Crippen molar-refractivity contribution in [2.75, 3.05) is 11.5 Å². The quantitative estimate of drug-likeness (QED) is 0.816. The molecule has 0 bridgehead atoms. The standard InChI is InChI=1S/C14H27NOS2/c15-12(9-11-5-2-1-3-6-11)13(16)10-14-17-7-4-8-18-14/h11-14,16H,1-10,15H2/t12-,13-/m0/s1. The molecule has 0 unspecified atom stereocenters.